The Labute approximate surface area is 121 Å². The highest BCUT2D eigenvalue weighted by Gasteiger charge is 2.13. The van der Waals surface area contributed by atoms with Gasteiger partial charge in [0.2, 0.25) is 5.91 Å². The summed E-state index contributed by atoms with van der Waals surface area (Å²) in [5, 5.41) is 2.76. The molecule has 0 aliphatic carbocycles. The first-order valence-electron chi connectivity index (χ1n) is 5.97. The maximum atomic E-state index is 11.9. The van der Waals surface area contributed by atoms with Crippen molar-refractivity contribution in [3.05, 3.63) is 22.7 Å². The van der Waals surface area contributed by atoms with Crippen molar-refractivity contribution in [2.45, 2.75) is 18.9 Å². The summed E-state index contributed by atoms with van der Waals surface area (Å²) in [6, 6.07) is 4.80. The first kappa shape index (κ1) is 15.9. The van der Waals surface area contributed by atoms with Crippen LogP contribution in [0.1, 0.15) is 12.8 Å². The fourth-order valence-electron chi connectivity index (χ4n) is 1.55. The summed E-state index contributed by atoms with van der Waals surface area (Å²) in [6.45, 7) is 0.604. The second-order valence-electron chi connectivity index (χ2n) is 4.08. The molecule has 0 fully saturated rings. The minimum atomic E-state index is -0.537. The number of anilines is 1. The molecule has 0 saturated heterocycles. The molecule has 0 spiro atoms. The molecular formula is C13H19BrN2O3. The van der Waals surface area contributed by atoms with Crippen LogP contribution < -0.4 is 15.8 Å². The molecule has 0 bridgehead atoms. The van der Waals surface area contributed by atoms with Crippen LogP contribution in [-0.4, -0.2) is 32.8 Å². The molecule has 0 saturated carbocycles. The minimum absolute atomic E-state index is 0.208. The molecule has 1 rings (SSSR count). The predicted octanol–water partition coefficient (Wildman–Crippen LogP) is 2.15. The van der Waals surface area contributed by atoms with Crippen molar-refractivity contribution in [2.24, 2.45) is 5.73 Å². The molecule has 1 atom stereocenters. The third kappa shape index (κ3) is 5.18. The van der Waals surface area contributed by atoms with Gasteiger partial charge in [-0.1, -0.05) is 0 Å². The zero-order valence-electron chi connectivity index (χ0n) is 11.1. The number of carbonyl (C=O) groups excluding carboxylic acids is 1. The number of amides is 1. The van der Waals surface area contributed by atoms with Gasteiger partial charge < -0.3 is 20.5 Å². The van der Waals surface area contributed by atoms with Crippen molar-refractivity contribution in [1.82, 2.24) is 0 Å². The Kier molecular flexibility index (Phi) is 6.83. The Morgan fingerprint density at radius 1 is 1.47 bits per heavy atom. The first-order chi connectivity index (χ1) is 9.08. The monoisotopic (exact) mass is 330 g/mol. The third-order valence-corrected chi connectivity index (χ3v) is 3.27. The summed E-state index contributed by atoms with van der Waals surface area (Å²) in [7, 11) is 3.20. The Morgan fingerprint density at radius 2 is 2.21 bits per heavy atom. The van der Waals surface area contributed by atoms with E-state index in [2.05, 4.69) is 21.2 Å². The van der Waals surface area contributed by atoms with Gasteiger partial charge in [-0.05, 0) is 40.9 Å². The summed E-state index contributed by atoms with van der Waals surface area (Å²) in [6.07, 6.45) is 1.35. The molecule has 0 radical (unpaired) electrons. The number of methoxy groups -OCH3 is 2. The normalized spacial score (nSPS) is 12.0. The highest BCUT2D eigenvalue weighted by molar-refractivity contribution is 9.10. The SMILES string of the molecule is COCCCC(N)C(=O)Nc1ccc(Br)c(OC)c1. The molecule has 0 heterocycles. The van der Waals surface area contributed by atoms with Crippen molar-refractivity contribution >= 4 is 27.5 Å². The largest absolute Gasteiger partial charge is 0.495 e. The van der Waals surface area contributed by atoms with Crippen molar-refractivity contribution in [2.75, 3.05) is 26.1 Å². The number of nitrogens with one attached hydrogen (secondary N) is 1. The van der Waals surface area contributed by atoms with Gasteiger partial charge in [0.05, 0.1) is 17.6 Å². The highest BCUT2D eigenvalue weighted by atomic mass is 79.9. The molecule has 0 aliphatic heterocycles. The van der Waals surface area contributed by atoms with Gasteiger partial charge in [-0.15, -0.1) is 0 Å². The van der Waals surface area contributed by atoms with E-state index >= 15 is 0 Å². The number of nitrogens with two attached hydrogens (primary N) is 1. The number of halogens is 1. The molecule has 1 amide bonds. The Balaban J connectivity index is 2.56. The van der Waals surface area contributed by atoms with E-state index < -0.39 is 6.04 Å². The van der Waals surface area contributed by atoms with Crippen molar-refractivity contribution in [1.29, 1.82) is 0 Å². The third-order valence-electron chi connectivity index (χ3n) is 2.62. The van der Waals surface area contributed by atoms with E-state index in [0.717, 1.165) is 10.9 Å². The molecule has 1 aromatic rings. The molecule has 5 nitrogen and oxygen atoms in total. The summed E-state index contributed by atoms with van der Waals surface area (Å²) < 4.78 is 10.9. The van der Waals surface area contributed by atoms with Gasteiger partial charge >= 0.3 is 0 Å². The average Bonchev–Trinajstić information content (AvgIpc) is 2.41. The zero-order chi connectivity index (χ0) is 14.3. The van der Waals surface area contributed by atoms with Crippen LogP contribution in [0.3, 0.4) is 0 Å². The average molecular weight is 331 g/mol. The second kappa shape index (κ2) is 8.14. The van der Waals surface area contributed by atoms with E-state index in [4.69, 9.17) is 15.2 Å². The summed E-state index contributed by atoms with van der Waals surface area (Å²) in [4.78, 5) is 11.9. The van der Waals surface area contributed by atoms with Gasteiger partial charge in [0, 0.05) is 25.5 Å². The van der Waals surface area contributed by atoms with E-state index in [1.54, 1.807) is 26.4 Å². The number of ether oxygens (including phenoxy) is 2. The Bertz CT molecular complexity index is 426. The van der Waals surface area contributed by atoms with Crippen molar-refractivity contribution in [3.8, 4) is 5.75 Å². The lowest BCUT2D eigenvalue weighted by Crippen LogP contribution is -2.35. The van der Waals surface area contributed by atoms with Crippen molar-refractivity contribution in [3.63, 3.8) is 0 Å². The summed E-state index contributed by atoms with van der Waals surface area (Å²) in [5.41, 5.74) is 6.46. The van der Waals surface area contributed by atoms with Gasteiger partial charge in [0.25, 0.3) is 0 Å². The lowest BCUT2D eigenvalue weighted by Gasteiger charge is -2.13. The molecule has 0 aromatic heterocycles. The molecule has 106 valence electrons. The van der Waals surface area contributed by atoms with Crippen LogP contribution in [0, 0.1) is 0 Å². The van der Waals surface area contributed by atoms with Crippen LogP contribution >= 0.6 is 15.9 Å². The lowest BCUT2D eigenvalue weighted by atomic mass is 10.1. The van der Waals surface area contributed by atoms with Crippen LogP contribution in [-0.2, 0) is 9.53 Å². The highest BCUT2D eigenvalue weighted by Crippen LogP contribution is 2.27. The maximum absolute atomic E-state index is 11.9. The summed E-state index contributed by atoms with van der Waals surface area (Å²) >= 11 is 3.35. The van der Waals surface area contributed by atoms with Crippen LogP contribution in [0.5, 0.6) is 5.75 Å². The van der Waals surface area contributed by atoms with E-state index in [9.17, 15) is 4.79 Å². The number of hydrogen-bond donors (Lipinski definition) is 2. The van der Waals surface area contributed by atoms with Crippen molar-refractivity contribution < 1.29 is 14.3 Å². The number of benzene rings is 1. The van der Waals surface area contributed by atoms with Crippen LogP contribution in [0.25, 0.3) is 0 Å². The van der Waals surface area contributed by atoms with E-state index in [-0.39, 0.29) is 5.91 Å². The summed E-state index contributed by atoms with van der Waals surface area (Å²) in [5.74, 6) is 0.450. The predicted molar refractivity (Wildman–Crippen MR) is 78.4 cm³/mol. The molecule has 1 aromatic carbocycles. The molecule has 6 heteroatoms. The minimum Gasteiger partial charge on any atom is -0.495 e. The quantitative estimate of drug-likeness (QED) is 0.751. The van der Waals surface area contributed by atoms with Gasteiger partial charge in [0.15, 0.2) is 0 Å². The lowest BCUT2D eigenvalue weighted by molar-refractivity contribution is -0.117. The second-order valence-corrected chi connectivity index (χ2v) is 4.93. The maximum Gasteiger partial charge on any atom is 0.241 e. The fraction of sp³-hybridized carbons (Fsp3) is 0.462. The van der Waals surface area contributed by atoms with E-state index in [0.29, 0.717) is 24.5 Å². The van der Waals surface area contributed by atoms with Gasteiger partial charge in [-0.3, -0.25) is 4.79 Å². The van der Waals surface area contributed by atoms with Gasteiger partial charge in [0.1, 0.15) is 5.75 Å². The smallest absolute Gasteiger partial charge is 0.241 e. The van der Waals surface area contributed by atoms with Gasteiger partial charge in [-0.2, -0.15) is 0 Å². The topological polar surface area (TPSA) is 73.6 Å². The van der Waals surface area contributed by atoms with Crippen LogP contribution in [0.2, 0.25) is 0 Å². The van der Waals surface area contributed by atoms with E-state index in [1.807, 2.05) is 6.07 Å². The molecule has 19 heavy (non-hydrogen) atoms. The molecule has 1 unspecified atom stereocenters. The van der Waals surface area contributed by atoms with Crippen LogP contribution in [0.4, 0.5) is 5.69 Å². The molecule has 0 aliphatic rings. The Morgan fingerprint density at radius 3 is 2.84 bits per heavy atom. The molecule has 3 N–H and O–H groups in total. The number of hydrogen-bond acceptors (Lipinski definition) is 4. The number of rotatable bonds is 7. The fourth-order valence-corrected chi connectivity index (χ4v) is 1.96. The van der Waals surface area contributed by atoms with Gasteiger partial charge in [-0.25, -0.2) is 0 Å². The molecular weight excluding hydrogens is 312 g/mol. The van der Waals surface area contributed by atoms with E-state index in [1.165, 1.54) is 0 Å². The Hall–Kier alpha value is -1.11. The zero-order valence-corrected chi connectivity index (χ0v) is 12.7. The first-order valence-corrected chi connectivity index (χ1v) is 6.76. The standard InChI is InChI=1S/C13H19BrN2O3/c1-18-7-3-4-11(15)13(17)16-9-5-6-10(14)12(8-9)19-2/h5-6,8,11H,3-4,7,15H2,1-2H3,(H,16,17). The number of carbonyl (C=O) groups is 1. The van der Waals surface area contributed by atoms with Crippen LogP contribution in [0.15, 0.2) is 22.7 Å².